The fourth-order valence-electron chi connectivity index (χ4n) is 3.54. The highest BCUT2D eigenvalue weighted by Gasteiger charge is 2.27. The molecule has 1 aromatic heterocycles. The van der Waals surface area contributed by atoms with Crippen molar-refractivity contribution in [1.82, 2.24) is 0 Å². The third-order valence-electron chi connectivity index (χ3n) is 5.16. The molecular weight excluding hydrogens is 392 g/mol. The van der Waals surface area contributed by atoms with Crippen LogP contribution in [0, 0.1) is 0 Å². The largest absolute Gasteiger partial charge is 0.495 e. The standard InChI is InChI=1S/C26H26O5/c1-16(2)11-13-29-18-8-6-17(7-9-18)20-15-30-22-14-21-19(10-12-26(3,4)31-21)25(28-5)23(22)24(20)27/h6-12,14-15H,13H2,1-5H3. The van der Waals surface area contributed by atoms with Crippen molar-refractivity contribution < 1.29 is 18.6 Å². The lowest BCUT2D eigenvalue weighted by molar-refractivity contribution is 0.158. The van der Waals surface area contributed by atoms with E-state index < -0.39 is 5.60 Å². The number of fused-ring (bicyclic) bond motifs is 2. The molecule has 0 aliphatic carbocycles. The summed E-state index contributed by atoms with van der Waals surface area (Å²) < 4.78 is 23.2. The molecule has 0 saturated heterocycles. The Hall–Kier alpha value is -3.47. The van der Waals surface area contributed by atoms with Gasteiger partial charge in [-0.2, -0.15) is 0 Å². The van der Waals surface area contributed by atoms with Crippen molar-refractivity contribution in [2.24, 2.45) is 0 Å². The van der Waals surface area contributed by atoms with Gasteiger partial charge in [0.1, 0.15) is 46.7 Å². The molecule has 0 saturated carbocycles. The van der Waals surface area contributed by atoms with Crippen LogP contribution in [0.25, 0.3) is 28.2 Å². The predicted octanol–water partition coefficient (Wildman–Crippen LogP) is 6.00. The lowest BCUT2D eigenvalue weighted by Gasteiger charge is -2.28. The third kappa shape index (κ3) is 4.08. The molecule has 0 bridgehead atoms. The van der Waals surface area contributed by atoms with Gasteiger partial charge < -0.3 is 18.6 Å². The van der Waals surface area contributed by atoms with Crippen LogP contribution in [0.2, 0.25) is 0 Å². The van der Waals surface area contributed by atoms with Gasteiger partial charge in [-0.1, -0.05) is 17.7 Å². The molecule has 5 nitrogen and oxygen atoms in total. The first kappa shape index (κ1) is 20.8. The van der Waals surface area contributed by atoms with E-state index in [1.807, 2.05) is 70.2 Å². The molecule has 0 amide bonds. The lowest BCUT2D eigenvalue weighted by Crippen LogP contribution is -2.27. The van der Waals surface area contributed by atoms with E-state index in [-0.39, 0.29) is 5.43 Å². The molecule has 31 heavy (non-hydrogen) atoms. The van der Waals surface area contributed by atoms with Crippen LogP contribution < -0.4 is 19.6 Å². The Morgan fingerprint density at radius 1 is 1.16 bits per heavy atom. The minimum atomic E-state index is -0.443. The van der Waals surface area contributed by atoms with E-state index in [2.05, 4.69) is 0 Å². The van der Waals surface area contributed by atoms with Crippen LogP contribution >= 0.6 is 0 Å². The molecule has 3 aromatic rings. The minimum Gasteiger partial charge on any atom is -0.495 e. The van der Waals surface area contributed by atoms with Gasteiger partial charge in [0.2, 0.25) is 5.43 Å². The van der Waals surface area contributed by atoms with Gasteiger partial charge in [-0.25, -0.2) is 0 Å². The summed E-state index contributed by atoms with van der Waals surface area (Å²) in [5, 5.41) is 0.399. The Morgan fingerprint density at radius 2 is 1.90 bits per heavy atom. The quantitative estimate of drug-likeness (QED) is 0.476. The molecule has 5 heteroatoms. The van der Waals surface area contributed by atoms with Crippen LogP contribution in [-0.4, -0.2) is 19.3 Å². The first-order valence-corrected chi connectivity index (χ1v) is 10.2. The summed E-state index contributed by atoms with van der Waals surface area (Å²) in [4.78, 5) is 13.4. The van der Waals surface area contributed by atoms with E-state index in [4.69, 9.17) is 18.6 Å². The van der Waals surface area contributed by atoms with Gasteiger partial charge in [0.25, 0.3) is 0 Å². The van der Waals surface area contributed by atoms with Crippen molar-refractivity contribution in [3.8, 4) is 28.4 Å². The number of rotatable bonds is 5. The molecule has 0 radical (unpaired) electrons. The van der Waals surface area contributed by atoms with Crippen molar-refractivity contribution in [2.75, 3.05) is 13.7 Å². The fourth-order valence-corrected chi connectivity index (χ4v) is 3.54. The highest BCUT2D eigenvalue weighted by molar-refractivity contribution is 5.93. The summed E-state index contributed by atoms with van der Waals surface area (Å²) in [6, 6.07) is 9.16. The van der Waals surface area contributed by atoms with E-state index in [9.17, 15) is 4.79 Å². The van der Waals surface area contributed by atoms with Crippen LogP contribution in [0.5, 0.6) is 17.2 Å². The average molecular weight is 418 g/mol. The Bertz CT molecular complexity index is 1240. The SMILES string of the molecule is COc1c2c(cc3occ(-c4ccc(OCC=C(C)C)cc4)c(=O)c13)OC(C)(C)C=C2. The zero-order valence-corrected chi connectivity index (χ0v) is 18.4. The smallest absolute Gasteiger partial charge is 0.204 e. The summed E-state index contributed by atoms with van der Waals surface area (Å²) in [6.45, 7) is 8.50. The Morgan fingerprint density at radius 3 is 2.58 bits per heavy atom. The van der Waals surface area contributed by atoms with Gasteiger partial charge in [-0.15, -0.1) is 0 Å². The molecule has 1 aliphatic rings. The molecule has 2 aromatic carbocycles. The Balaban J connectivity index is 1.76. The molecule has 0 N–H and O–H groups in total. The number of ether oxygens (including phenoxy) is 3. The maximum Gasteiger partial charge on any atom is 0.204 e. The van der Waals surface area contributed by atoms with Crippen molar-refractivity contribution in [3.05, 3.63) is 70.1 Å². The molecular formula is C26H26O5. The van der Waals surface area contributed by atoms with E-state index in [0.29, 0.717) is 34.6 Å². The van der Waals surface area contributed by atoms with Crippen LogP contribution in [0.15, 0.2) is 63.5 Å². The minimum absolute atomic E-state index is 0.155. The molecule has 2 heterocycles. The van der Waals surface area contributed by atoms with Crippen molar-refractivity contribution in [3.63, 3.8) is 0 Å². The molecule has 0 spiro atoms. The van der Waals surface area contributed by atoms with E-state index in [1.165, 1.54) is 11.8 Å². The first-order chi connectivity index (χ1) is 14.8. The highest BCUT2D eigenvalue weighted by atomic mass is 16.5. The number of methoxy groups -OCH3 is 1. The third-order valence-corrected chi connectivity index (χ3v) is 5.16. The Kier molecular flexibility index (Phi) is 5.36. The fraction of sp³-hybridized carbons (Fsp3) is 0.269. The topological polar surface area (TPSA) is 57.9 Å². The first-order valence-electron chi connectivity index (χ1n) is 10.2. The zero-order valence-electron chi connectivity index (χ0n) is 18.4. The van der Waals surface area contributed by atoms with Crippen molar-refractivity contribution in [2.45, 2.75) is 33.3 Å². The monoisotopic (exact) mass is 418 g/mol. The van der Waals surface area contributed by atoms with Crippen LogP contribution in [-0.2, 0) is 0 Å². The molecule has 1 aliphatic heterocycles. The normalized spacial score (nSPS) is 14.0. The van der Waals surface area contributed by atoms with Gasteiger partial charge in [0.15, 0.2) is 0 Å². The van der Waals surface area contributed by atoms with E-state index >= 15 is 0 Å². The van der Waals surface area contributed by atoms with Gasteiger partial charge >= 0.3 is 0 Å². The zero-order chi connectivity index (χ0) is 22.2. The van der Waals surface area contributed by atoms with Gasteiger partial charge in [0, 0.05) is 6.07 Å². The molecule has 0 unspecified atom stereocenters. The molecule has 4 rings (SSSR count). The maximum absolute atomic E-state index is 13.4. The average Bonchev–Trinajstić information content (AvgIpc) is 2.72. The van der Waals surface area contributed by atoms with Gasteiger partial charge in [-0.05, 0) is 63.6 Å². The van der Waals surface area contributed by atoms with Crippen LogP contribution in [0.3, 0.4) is 0 Å². The molecule has 0 atom stereocenters. The number of allylic oxidation sites excluding steroid dienone is 1. The second kappa shape index (κ2) is 7.99. The summed E-state index contributed by atoms with van der Waals surface area (Å²) in [7, 11) is 1.55. The summed E-state index contributed by atoms with van der Waals surface area (Å²) in [5.41, 5.74) is 2.98. The van der Waals surface area contributed by atoms with Gasteiger partial charge in [0.05, 0.1) is 18.2 Å². The van der Waals surface area contributed by atoms with Gasteiger partial charge in [-0.3, -0.25) is 4.79 Å². The predicted molar refractivity (Wildman–Crippen MR) is 123 cm³/mol. The molecule has 160 valence electrons. The van der Waals surface area contributed by atoms with E-state index in [0.717, 1.165) is 16.9 Å². The van der Waals surface area contributed by atoms with E-state index in [1.54, 1.807) is 13.2 Å². The van der Waals surface area contributed by atoms with Crippen LogP contribution in [0.4, 0.5) is 0 Å². The summed E-state index contributed by atoms with van der Waals surface area (Å²) in [6.07, 6.45) is 7.38. The summed E-state index contributed by atoms with van der Waals surface area (Å²) in [5.74, 6) is 1.82. The van der Waals surface area contributed by atoms with Crippen LogP contribution in [0.1, 0.15) is 33.3 Å². The number of hydrogen-bond donors (Lipinski definition) is 0. The highest BCUT2D eigenvalue weighted by Crippen LogP contribution is 2.41. The second-order valence-electron chi connectivity index (χ2n) is 8.33. The van der Waals surface area contributed by atoms with Crippen molar-refractivity contribution >= 4 is 17.0 Å². The summed E-state index contributed by atoms with van der Waals surface area (Å²) >= 11 is 0. The number of hydrogen-bond acceptors (Lipinski definition) is 5. The lowest BCUT2D eigenvalue weighted by atomic mass is 9.98. The second-order valence-corrected chi connectivity index (χ2v) is 8.33. The maximum atomic E-state index is 13.4. The van der Waals surface area contributed by atoms with Crippen molar-refractivity contribution in [1.29, 1.82) is 0 Å². The number of benzene rings is 2. The Labute approximate surface area is 181 Å². The molecule has 0 fully saturated rings.